The van der Waals surface area contributed by atoms with Crippen LogP contribution in [0.4, 0.5) is 0 Å². The van der Waals surface area contributed by atoms with Crippen molar-refractivity contribution in [2.45, 2.75) is 25.8 Å². The number of carbonyl (C=O) groups excluding carboxylic acids is 1. The first-order valence-electron chi connectivity index (χ1n) is 9.62. The van der Waals surface area contributed by atoms with Crippen molar-refractivity contribution in [3.63, 3.8) is 0 Å². The smallest absolute Gasteiger partial charge is 0.224 e. The summed E-state index contributed by atoms with van der Waals surface area (Å²) < 4.78 is 5.17. The van der Waals surface area contributed by atoms with Crippen LogP contribution in [0.5, 0.6) is 5.75 Å². The predicted molar refractivity (Wildman–Crippen MR) is 114 cm³/mol. The number of likely N-dealkylation sites (tertiary alicyclic amines) is 1. The first kappa shape index (κ1) is 21.0. The Kier molecular flexibility index (Phi) is 7.60. The molecule has 1 N–H and O–H groups in total. The molecule has 28 heavy (non-hydrogen) atoms. The second-order valence-electron chi connectivity index (χ2n) is 7.21. The van der Waals surface area contributed by atoms with Gasteiger partial charge in [0.05, 0.1) is 23.1 Å². The van der Waals surface area contributed by atoms with Crippen molar-refractivity contribution in [1.29, 1.82) is 0 Å². The van der Waals surface area contributed by atoms with Crippen LogP contribution in [0.1, 0.15) is 24.0 Å². The lowest BCUT2D eigenvalue weighted by Gasteiger charge is -2.32. The minimum Gasteiger partial charge on any atom is -0.497 e. The van der Waals surface area contributed by atoms with Crippen LogP contribution in [0.3, 0.4) is 0 Å². The molecule has 150 valence electrons. The number of hydrogen-bond acceptors (Lipinski definition) is 3. The van der Waals surface area contributed by atoms with E-state index in [-0.39, 0.29) is 11.8 Å². The van der Waals surface area contributed by atoms with Crippen molar-refractivity contribution in [3.05, 3.63) is 63.6 Å². The fourth-order valence-electron chi connectivity index (χ4n) is 3.58. The van der Waals surface area contributed by atoms with E-state index in [0.717, 1.165) is 50.2 Å². The summed E-state index contributed by atoms with van der Waals surface area (Å²) in [6.07, 6.45) is 2.78. The Labute approximate surface area is 176 Å². The summed E-state index contributed by atoms with van der Waals surface area (Å²) in [6.45, 7) is 3.20. The standard InChI is InChI=1S/C22H26Cl2N2O2/c1-28-19-7-4-16(5-8-19)10-11-25-22(27)18-3-2-12-26(15-18)14-17-6-9-20(23)21(24)13-17/h4-9,13,18H,2-3,10-12,14-15H2,1H3,(H,25,27). The molecule has 1 heterocycles. The molecule has 1 fully saturated rings. The van der Waals surface area contributed by atoms with Gasteiger partial charge >= 0.3 is 0 Å². The molecule has 2 aromatic carbocycles. The second kappa shape index (κ2) is 10.1. The zero-order chi connectivity index (χ0) is 19.9. The number of ether oxygens (including phenoxy) is 1. The van der Waals surface area contributed by atoms with Crippen molar-refractivity contribution in [3.8, 4) is 5.75 Å². The molecule has 1 amide bonds. The molecule has 0 spiro atoms. The lowest BCUT2D eigenvalue weighted by Crippen LogP contribution is -2.43. The summed E-state index contributed by atoms with van der Waals surface area (Å²) in [7, 11) is 1.66. The quantitative estimate of drug-likeness (QED) is 0.712. The van der Waals surface area contributed by atoms with Crippen LogP contribution in [0, 0.1) is 5.92 Å². The van der Waals surface area contributed by atoms with Crippen LogP contribution in [0.15, 0.2) is 42.5 Å². The predicted octanol–water partition coefficient (Wildman–Crippen LogP) is 4.57. The number of rotatable bonds is 7. The highest BCUT2D eigenvalue weighted by Gasteiger charge is 2.25. The van der Waals surface area contributed by atoms with E-state index in [1.807, 2.05) is 42.5 Å². The highest BCUT2D eigenvalue weighted by molar-refractivity contribution is 6.42. The van der Waals surface area contributed by atoms with E-state index in [4.69, 9.17) is 27.9 Å². The van der Waals surface area contributed by atoms with Gasteiger partial charge in [0.25, 0.3) is 0 Å². The van der Waals surface area contributed by atoms with Crippen LogP contribution in [-0.2, 0) is 17.8 Å². The van der Waals surface area contributed by atoms with Gasteiger partial charge in [-0.25, -0.2) is 0 Å². The van der Waals surface area contributed by atoms with Gasteiger partial charge in [-0.3, -0.25) is 9.69 Å². The molecule has 1 saturated heterocycles. The second-order valence-corrected chi connectivity index (χ2v) is 8.03. The molecule has 1 aliphatic heterocycles. The van der Waals surface area contributed by atoms with Gasteiger partial charge in [0, 0.05) is 19.6 Å². The number of nitrogens with zero attached hydrogens (tertiary/aromatic N) is 1. The normalized spacial score (nSPS) is 17.3. The molecule has 0 aromatic heterocycles. The van der Waals surface area contributed by atoms with Gasteiger partial charge in [0.2, 0.25) is 5.91 Å². The van der Waals surface area contributed by atoms with Crippen LogP contribution in [0.25, 0.3) is 0 Å². The Morgan fingerprint density at radius 3 is 2.61 bits per heavy atom. The summed E-state index contributed by atoms with van der Waals surface area (Å²) in [4.78, 5) is 14.9. The van der Waals surface area contributed by atoms with E-state index in [0.29, 0.717) is 16.6 Å². The van der Waals surface area contributed by atoms with Crippen LogP contribution in [-0.4, -0.2) is 37.6 Å². The highest BCUT2D eigenvalue weighted by Crippen LogP contribution is 2.25. The van der Waals surface area contributed by atoms with Gasteiger partial charge in [0.15, 0.2) is 0 Å². The molecular formula is C22H26Cl2N2O2. The zero-order valence-corrected chi connectivity index (χ0v) is 17.6. The minimum absolute atomic E-state index is 0.0346. The SMILES string of the molecule is COc1ccc(CCNC(=O)C2CCCN(Cc3ccc(Cl)c(Cl)c3)C2)cc1. The van der Waals surface area contributed by atoms with Crippen molar-refractivity contribution >= 4 is 29.1 Å². The molecule has 0 saturated carbocycles. The number of benzene rings is 2. The maximum atomic E-state index is 12.6. The molecule has 1 unspecified atom stereocenters. The van der Waals surface area contributed by atoms with Gasteiger partial charge in [-0.15, -0.1) is 0 Å². The molecule has 1 atom stereocenters. The third-order valence-electron chi connectivity index (χ3n) is 5.14. The van der Waals surface area contributed by atoms with E-state index in [1.165, 1.54) is 5.56 Å². The van der Waals surface area contributed by atoms with Crippen LogP contribution in [0.2, 0.25) is 10.0 Å². The van der Waals surface area contributed by atoms with E-state index >= 15 is 0 Å². The lowest BCUT2D eigenvalue weighted by molar-refractivity contribution is -0.126. The number of amides is 1. The molecule has 0 aliphatic carbocycles. The van der Waals surface area contributed by atoms with E-state index < -0.39 is 0 Å². The fraction of sp³-hybridized carbons (Fsp3) is 0.409. The number of hydrogen-bond donors (Lipinski definition) is 1. The maximum Gasteiger partial charge on any atom is 0.224 e. The topological polar surface area (TPSA) is 41.6 Å². The number of piperidine rings is 1. The molecule has 4 nitrogen and oxygen atoms in total. The molecular weight excluding hydrogens is 395 g/mol. The monoisotopic (exact) mass is 420 g/mol. The van der Waals surface area contributed by atoms with Gasteiger partial charge in [-0.2, -0.15) is 0 Å². The zero-order valence-electron chi connectivity index (χ0n) is 16.1. The first-order chi connectivity index (χ1) is 13.5. The average Bonchev–Trinajstić information content (AvgIpc) is 2.71. The third-order valence-corrected chi connectivity index (χ3v) is 5.88. The van der Waals surface area contributed by atoms with E-state index in [9.17, 15) is 4.79 Å². The Hall–Kier alpha value is -1.75. The highest BCUT2D eigenvalue weighted by atomic mass is 35.5. The number of methoxy groups -OCH3 is 1. The Balaban J connectivity index is 1.46. The van der Waals surface area contributed by atoms with Crippen molar-refractivity contribution in [2.75, 3.05) is 26.7 Å². The van der Waals surface area contributed by atoms with Crippen molar-refractivity contribution in [2.24, 2.45) is 5.92 Å². The van der Waals surface area contributed by atoms with E-state index in [1.54, 1.807) is 7.11 Å². The summed E-state index contributed by atoms with van der Waals surface area (Å²) in [5.41, 5.74) is 2.31. The van der Waals surface area contributed by atoms with Gasteiger partial charge < -0.3 is 10.1 Å². The summed E-state index contributed by atoms with van der Waals surface area (Å²) >= 11 is 12.1. The molecule has 1 aliphatic rings. The summed E-state index contributed by atoms with van der Waals surface area (Å²) in [5, 5.41) is 4.24. The number of carbonyl (C=O) groups is 1. The van der Waals surface area contributed by atoms with Gasteiger partial charge in [-0.05, 0) is 61.2 Å². The molecule has 0 bridgehead atoms. The molecule has 6 heteroatoms. The molecule has 3 rings (SSSR count). The minimum atomic E-state index is 0.0346. The third kappa shape index (κ3) is 5.87. The summed E-state index contributed by atoms with van der Waals surface area (Å²) in [5.74, 6) is 1.02. The molecule has 0 radical (unpaired) electrons. The first-order valence-corrected chi connectivity index (χ1v) is 10.4. The lowest BCUT2D eigenvalue weighted by atomic mass is 9.96. The average molecular weight is 421 g/mol. The molecule has 2 aromatic rings. The largest absolute Gasteiger partial charge is 0.497 e. The Bertz CT molecular complexity index is 796. The number of nitrogens with one attached hydrogen (secondary N) is 1. The van der Waals surface area contributed by atoms with E-state index in [2.05, 4.69) is 10.2 Å². The number of halogens is 2. The Morgan fingerprint density at radius 1 is 1.14 bits per heavy atom. The summed E-state index contributed by atoms with van der Waals surface area (Å²) in [6, 6.07) is 13.7. The fourth-order valence-corrected chi connectivity index (χ4v) is 3.90. The van der Waals surface area contributed by atoms with Gasteiger partial charge in [0.1, 0.15) is 5.75 Å². The van der Waals surface area contributed by atoms with Crippen LogP contribution < -0.4 is 10.1 Å². The van der Waals surface area contributed by atoms with Crippen LogP contribution >= 0.6 is 23.2 Å². The van der Waals surface area contributed by atoms with Gasteiger partial charge in [-0.1, -0.05) is 41.4 Å². The van der Waals surface area contributed by atoms with Crippen molar-refractivity contribution in [1.82, 2.24) is 10.2 Å². The Morgan fingerprint density at radius 2 is 1.89 bits per heavy atom. The maximum absolute atomic E-state index is 12.6. The van der Waals surface area contributed by atoms with Crippen molar-refractivity contribution < 1.29 is 9.53 Å².